The lowest BCUT2D eigenvalue weighted by Crippen LogP contribution is -2.16. The molecule has 2 aromatic heterocycles. The molecule has 0 saturated carbocycles. The number of ether oxygens (including phenoxy) is 2. The Morgan fingerprint density at radius 1 is 0.612 bits per heavy atom. The van der Waals surface area contributed by atoms with Gasteiger partial charge >= 0.3 is 11.5 Å². The lowest BCUT2D eigenvalue weighted by atomic mass is 10.2. The van der Waals surface area contributed by atoms with E-state index in [0.717, 1.165) is 11.1 Å². The van der Waals surface area contributed by atoms with Gasteiger partial charge < -0.3 is 29.4 Å². The van der Waals surface area contributed by atoms with Crippen LogP contribution >= 0.6 is 34.8 Å². The molecule has 67 heavy (non-hydrogen) atoms. The normalized spacial score (nSPS) is 10.7. The summed E-state index contributed by atoms with van der Waals surface area (Å²) >= 11 is 17.7. The molecule has 2 heterocycles. The fourth-order valence-corrected chi connectivity index (χ4v) is 6.61. The van der Waals surface area contributed by atoms with E-state index in [1.807, 2.05) is 76.2 Å². The number of carbonyl (C=O) groups excluding carboxylic acids is 2. The first-order chi connectivity index (χ1) is 32.1. The van der Waals surface area contributed by atoms with Crippen molar-refractivity contribution in [1.82, 2.24) is 19.6 Å². The van der Waals surface area contributed by atoms with Crippen molar-refractivity contribution in [2.45, 2.75) is 53.0 Å². The van der Waals surface area contributed by atoms with E-state index in [1.54, 1.807) is 97.1 Å². The van der Waals surface area contributed by atoms with Crippen LogP contribution in [0.15, 0.2) is 164 Å². The van der Waals surface area contributed by atoms with Crippen molar-refractivity contribution in [1.29, 1.82) is 0 Å². The summed E-state index contributed by atoms with van der Waals surface area (Å²) in [7, 11) is 0. The van der Waals surface area contributed by atoms with E-state index in [4.69, 9.17) is 58.8 Å². The maximum absolute atomic E-state index is 12.3. The lowest BCUT2D eigenvalue weighted by molar-refractivity contribution is 0.102. The number of nitrogens with zero attached hydrogens (tertiary/aromatic N) is 4. The van der Waals surface area contributed by atoms with Crippen LogP contribution in [0.1, 0.15) is 59.5 Å². The Balaban J connectivity index is 0.000000191. The first-order valence-corrected chi connectivity index (χ1v) is 21.9. The molecule has 0 atom stereocenters. The first kappa shape index (κ1) is 49.1. The van der Waals surface area contributed by atoms with Gasteiger partial charge in [-0.05, 0) is 123 Å². The van der Waals surface area contributed by atoms with Crippen LogP contribution in [-0.4, -0.2) is 42.9 Å². The van der Waals surface area contributed by atoms with Crippen LogP contribution in [0, 0.1) is 0 Å². The van der Waals surface area contributed by atoms with Gasteiger partial charge in [0.05, 0.1) is 35.3 Å². The van der Waals surface area contributed by atoms with Crippen LogP contribution in [-0.2, 0) is 13.1 Å². The lowest BCUT2D eigenvalue weighted by Gasteiger charge is -2.11. The Bertz CT molecular complexity index is 3020. The summed E-state index contributed by atoms with van der Waals surface area (Å²) in [5.41, 5.74) is 11.0. The second-order valence-corrected chi connectivity index (χ2v) is 16.3. The molecule has 3 N–H and O–H groups in total. The summed E-state index contributed by atoms with van der Waals surface area (Å²) in [6.45, 7) is 8.18. The number of rotatable bonds is 13. The molecule has 0 bridgehead atoms. The summed E-state index contributed by atoms with van der Waals surface area (Å²) in [6.07, 6.45) is 0.00365. The predicted octanol–water partition coefficient (Wildman–Crippen LogP) is 10.9. The van der Waals surface area contributed by atoms with Crippen LogP contribution in [0.25, 0.3) is 22.9 Å². The summed E-state index contributed by atoms with van der Waals surface area (Å²) in [5.74, 6) is 0.198. The second kappa shape index (κ2) is 23.2. The molecule has 0 radical (unpaired) electrons. The molecule has 0 aliphatic rings. The van der Waals surface area contributed by atoms with Crippen molar-refractivity contribution in [2.24, 2.45) is 0 Å². The third-order valence-corrected chi connectivity index (χ3v) is 10.00. The largest absolute Gasteiger partial charge is 0.489 e. The Morgan fingerprint density at radius 3 is 1.42 bits per heavy atom. The zero-order chi connectivity index (χ0) is 48.0. The van der Waals surface area contributed by atoms with Crippen molar-refractivity contribution in [3.05, 3.63) is 199 Å². The highest BCUT2D eigenvalue weighted by Gasteiger charge is 2.16. The van der Waals surface area contributed by atoms with Crippen LogP contribution in [0.3, 0.4) is 0 Å². The van der Waals surface area contributed by atoms with E-state index in [2.05, 4.69) is 15.5 Å². The first-order valence-electron chi connectivity index (χ1n) is 20.8. The summed E-state index contributed by atoms with van der Waals surface area (Å²) < 4.78 is 24.3. The minimum atomic E-state index is -0.579. The molecule has 0 fully saturated rings. The molecule has 0 saturated heterocycles. The minimum Gasteiger partial charge on any atom is -0.489 e. The summed E-state index contributed by atoms with van der Waals surface area (Å²) in [4.78, 5) is 47.0. The zero-order valence-electron chi connectivity index (χ0n) is 36.7. The van der Waals surface area contributed by atoms with Gasteiger partial charge in [0, 0.05) is 33.6 Å². The van der Waals surface area contributed by atoms with Gasteiger partial charge in [-0.15, -0.1) is 10.2 Å². The van der Waals surface area contributed by atoms with Crippen molar-refractivity contribution in [3.63, 3.8) is 0 Å². The van der Waals surface area contributed by atoms with Crippen LogP contribution in [0.5, 0.6) is 11.5 Å². The van der Waals surface area contributed by atoms with Crippen molar-refractivity contribution in [3.8, 4) is 34.4 Å². The number of anilines is 2. The number of amides is 1. The molecule has 14 nitrogen and oxygen atoms in total. The van der Waals surface area contributed by atoms with Crippen LogP contribution in [0.4, 0.5) is 11.4 Å². The topological polar surface area (TPSA) is 187 Å². The van der Waals surface area contributed by atoms with Gasteiger partial charge in [-0.3, -0.25) is 9.59 Å². The molecule has 0 aliphatic heterocycles. The van der Waals surface area contributed by atoms with Gasteiger partial charge in [0.25, 0.3) is 11.1 Å². The van der Waals surface area contributed by atoms with Gasteiger partial charge in [0.15, 0.2) is 0 Å². The average molecular weight is 964 g/mol. The monoisotopic (exact) mass is 962 g/mol. The second-order valence-electron chi connectivity index (χ2n) is 15.2. The van der Waals surface area contributed by atoms with Crippen molar-refractivity contribution in [2.75, 3.05) is 11.1 Å². The van der Waals surface area contributed by atoms with Crippen molar-refractivity contribution >= 4 is 57.3 Å². The number of benzene rings is 6. The molecule has 17 heteroatoms. The molecule has 8 aromatic rings. The number of hydrogen-bond donors (Lipinski definition) is 2. The molecule has 0 spiro atoms. The maximum atomic E-state index is 12.3. The Labute approximate surface area is 400 Å². The van der Waals surface area contributed by atoms with Gasteiger partial charge in [-0.2, -0.15) is 9.36 Å². The molecule has 8 rings (SSSR count). The van der Waals surface area contributed by atoms with Crippen LogP contribution < -0.4 is 32.0 Å². The number of halogens is 3. The molecule has 1 amide bonds. The molecule has 0 aliphatic carbocycles. The fourth-order valence-electron chi connectivity index (χ4n) is 6.04. The Kier molecular flexibility index (Phi) is 17.0. The fraction of sp³-hybridized carbons (Fsp3) is 0.160. The Hall–Kier alpha value is -7.39. The van der Waals surface area contributed by atoms with Gasteiger partial charge in [-0.25, -0.2) is 9.59 Å². The minimum absolute atomic E-state index is 0.0106. The third-order valence-electron chi connectivity index (χ3n) is 9.19. The quantitative estimate of drug-likeness (QED) is 0.0827. The summed E-state index contributed by atoms with van der Waals surface area (Å²) in [6, 6.07) is 42.4. The number of nitrogens with two attached hydrogens (primary N) is 1. The van der Waals surface area contributed by atoms with Gasteiger partial charge in [0.1, 0.15) is 11.5 Å². The highest BCUT2D eigenvalue weighted by molar-refractivity contribution is 6.67. The number of hydrogen-bond acceptors (Lipinski definition) is 11. The predicted molar refractivity (Wildman–Crippen MR) is 260 cm³/mol. The van der Waals surface area contributed by atoms with E-state index >= 15 is 0 Å². The van der Waals surface area contributed by atoms with E-state index < -0.39 is 16.8 Å². The Morgan fingerprint density at radius 2 is 1.03 bits per heavy atom. The van der Waals surface area contributed by atoms with Crippen LogP contribution in [0.2, 0.25) is 10.0 Å². The standard InChI is InChI=1S/C25H22ClN3O4.C18H18ClN3O3.C7H5ClO/c1-16(2)32-22-13-10-19(14-21(22)26)24-28-29(25(31)33-24)15-17-8-11-20(12-9-17)27-23(30)18-6-4-3-5-7-18;1-11(2)24-16-8-5-13(9-15(16)19)17-21-22(18(23)25-17)10-12-3-6-14(20)7-4-12;8-7(9)6-4-2-1-3-5-6/h3-14,16H,15H2,1-2H3,(H,27,30);3-9,11H,10,20H2,1-2H3;1-5H. The molecular formula is C50H45Cl3N6O8. The third kappa shape index (κ3) is 14.3. The number of nitrogens with one attached hydrogen (secondary N) is 1. The van der Waals surface area contributed by atoms with Gasteiger partial charge in [0.2, 0.25) is 11.8 Å². The highest BCUT2D eigenvalue weighted by Crippen LogP contribution is 2.31. The number of aromatic nitrogens is 4. The van der Waals surface area contributed by atoms with E-state index in [0.29, 0.717) is 61.7 Å². The van der Waals surface area contributed by atoms with E-state index in [9.17, 15) is 19.2 Å². The SMILES string of the molecule is CC(C)Oc1ccc(-c2nn(Cc3ccc(N)cc3)c(=O)o2)cc1Cl.CC(C)Oc1ccc(-c2nn(Cc3ccc(NC(=O)c4ccccc4)cc3)c(=O)o2)cc1Cl.O=C(Cl)c1ccccc1. The number of carbonyl (C=O) groups is 2. The van der Waals surface area contributed by atoms with Crippen molar-refractivity contribution < 1.29 is 27.9 Å². The van der Waals surface area contributed by atoms with Gasteiger partial charge in [-0.1, -0.05) is 96.0 Å². The molecule has 6 aromatic carbocycles. The van der Waals surface area contributed by atoms with E-state index in [1.165, 1.54) is 9.36 Å². The number of nitrogen functional groups attached to an aromatic ring is 1. The molecular weight excluding hydrogens is 919 g/mol. The molecule has 0 unspecified atom stereocenters. The average Bonchev–Trinajstić information content (AvgIpc) is 3.87. The molecule has 344 valence electrons. The van der Waals surface area contributed by atoms with E-state index in [-0.39, 0.29) is 36.4 Å². The maximum Gasteiger partial charge on any atom is 0.437 e. The smallest absolute Gasteiger partial charge is 0.437 e. The zero-order valence-corrected chi connectivity index (χ0v) is 39.0. The summed E-state index contributed by atoms with van der Waals surface area (Å²) in [5, 5.41) is 11.8. The highest BCUT2D eigenvalue weighted by atomic mass is 35.5.